The fourth-order valence-corrected chi connectivity index (χ4v) is 3.82. The Hall–Kier alpha value is -2.55. The van der Waals surface area contributed by atoms with Crippen molar-refractivity contribution in [3.05, 3.63) is 46.0 Å². The standard InChI is InChI=1S/C22H21IO6/c1-3-26-18(24)12-28-21-14-8-5-6-9-15(14)22(29-13-19(25)27-4-2)20-16(21)10-7-11-17(20)23/h5-11H,3-4,12-13H2,1-2H3. The molecule has 0 aliphatic rings. The van der Waals surface area contributed by atoms with Gasteiger partial charge in [0, 0.05) is 25.1 Å². The van der Waals surface area contributed by atoms with Gasteiger partial charge in [-0.05, 0) is 42.5 Å². The lowest BCUT2D eigenvalue weighted by atomic mass is 10.0. The second-order valence-corrected chi connectivity index (χ2v) is 7.22. The second kappa shape index (κ2) is 9.78. The summed E-state index contributed by atoms with van der Waals surface area (Å²) in [5.74, 6) is 0.291. The molecule has 0 aliphatic heterocycles. The normalized spacial score (nSPS) is 10.7. The van der Waals surface area contributed by atoms with Crippen LogP contribution >= 0.6 is 22.6 Å². The van der Waals surface area contributed by atoms with Gasteiger partial charge in [-0.2, -0.15) is 0 Å². The van der Waals surface area contributed by atoms with Gasteiger partial charge in [0.05, 0.1) is 13.2 Å². The maximum Gasteiger partial charge on any atom is 0.344 e. The van der Waals surface area contributed by atoms with Crippen molar-refractivity contribution in [1.82, 2.24) is 0 Å². The molecule has 3 rings (SSSR count). The van der Waals surface area contributed by atoms with Crippen LogP contribution in [0.2, 0.25) is 0 Å². The highest BCUT2D eigenvalue weighted by Gasteiger charge is 2.19. The van der Waals surface area contributed by atoms with Crippen LogP contribution in [-0.4, -0.2) is 38.4 Å². The number of fused-ring (bicyclic) bond motifs is 2. The molecule has 7 heteroatoms. The molecule has 0 fully saturated rings. The number of carbonyl (C=O) groups excluding carboxylic acids is 2. The van der Waals surface area contributed by atoms with Gasteiger partial charge < -0.3 is 18.9 Å². The van der Waals surface area contributed by atoms with Crippen LogP contribution in [0, 0.1) is 3.57 Å². The first kappa shape index (κ1) is 21.2. The van der Waals surface area contributed by atoms with Crippen molar-refractivity contribution in [2.75, 3.05) is 26.4 Å². The molecule has 152 valence electrons. The van der Waals surface area contributed by atoms with E-state index < -0.39 is 11.9 Å². The molecular formula is C22H21IO6. The Bertz CT molecular complexity index is 1050. The summed E-state index contributed by atoms with van der Waals surface area (Å²) in [5, 5.41) is 3.17. The van der Waals surface area contributed by atoms with Crippen molar-refractivity contribution in [3.8, 4) is 11.5 Å². The van der Waals surface area contributed by atoms with Gasteiger partial charge in [-0.25, -0.2) is 9.59 Å². The summed E-state index contributed by atoms with van der Waals surface area (Å²) >= 11 is 2.22. The van der Waals surface area contributed by atoms with Gasteiger partial charge in [0.25, 0.3) is 0 Å². The predicted molar refractivity (Wildman–Crippen MR) is 118 cm³/mol. The van der Waals surface area contributed by atoms with Crippen LogP contribution < -0.4 is 9.47 Å². The quantitative estimate of drug-likeness (QED) is 0.254. The van der Waals surface area contributed by atoms with E-state index in [1.807, 2.05) is 42.5 Å². The molecule has 3 aromatic carbocycles. The van der Waals surface area contributed by atoms with E-state index in [1.54, 1.807) is 13.8 Å². The minimum Gasteiger partial charge on any atom is -0.481 e. The van der Waals surface area contributed by atoms with E-state index in [9.17, 15) is 9.59 Å². The molecule has 0 radical (unpaired) electrons. The van der Waals surface area contributed by atoms with E-state index in [0.29, 0.717) is 24.7 Å². The minimum absolute atomic E-state index is 0.193. The highest BCUT2D eigenvalue weighted by atomic mass is 127. The summed E-state index contributed by atoms with van der Waals surface area (Å²) in [5.41, 5.74) is 0. The zero-order chi connectivity index (χ0) is 20.8. The Balaban J connectivity index is 2.14. The molecule has 29 heavy (non-hydrogen) atoms. The van der Waals surface area contributed by atoms with E-state index in [2.05, 4.69) is 22.6 Å². The second-order valence-electron chi connectivity index (χ2n) is 6.05. The Morgan fingerprint density at radius 2 is 1.28 bits per heavy atom. The lowest BCUT2D eigenvalue weighted by molar-refractivity contribution is -0.146. The average molecular weight is 508 g/mol. The number of hydrogen-bond acceptors (Lipinski definition) is 6. The van der Waals surface area contributed by atoms with E-state index in [0.717, 1.165) is 25.1 Å². The van der Waals surface area contributed by atoms with Crippen LogP contribution in [0.3, 0.4) is 0 Å². The molecule has 0 bridgehead atoms. The molecule has 0 unspecified atom stereocenters. The Morgan fingerprint density at radius 3 is 1.86 bits per heavy atom. The number of ether oxygens (including phenoxy) is 4. The summed E-state index contributed by atoms with van der Waals surface area (Å²) in [6.45, 7) is 3.70. The molecule has 0 aromatic heterocycles. The molecule has 0 amide bonds. The van der Waals surface area contributed by atoms with Gasteiger partial charge in [0.2, 0.25) is 0 Å². The van der Waals surface area contributed by atoms with Crippen LogP contribution in [0.4, 0.5) is 0 Å². The van der Waals surface area contributed by atoms with E-state index in [-0.39, 0.29) is 13.2 Å². The van der Waals surface area contributed by atoms with Crippen LogP contribution in [0.25, 0.3) is 21.5 Å². The summed E-state index contributed by atoms with van der Waals surface area (Å²) in [7, 11) is 0. The molecule has 0 saturated carbocycles. The first-order valence-electron chi connectivity index (χ1n) is 9.26. The van der Waals surface area contributed by atoms with Crippen molar-refractivity contribution < 1.29 is 28.5 Å². The monoisotopic (exact) mass is 508 g/mol. The predicted octanol–water partition coefficient (Wildman–Crippen LogP) is 4.48. The summed E-state index contributed by atoms with van der Waals surface area (Å²) < 4.78 is 22.7. The number of halogens is 1. The van der Waals surface area contributed by atoms with E-state index >= 15 is 0 Å². The average Bonchev–Trinajstić information content (AvgIpc) is 2.71. The summed E-state index contributed by atoms with van der Waals surface area (Å²) in [6.07, 6.45) is 0. The smallest absolute Gasteiger partial charge is 0.344 e. The third kappa shape index (κ3) is 4.72. The SMILES string of the molecule is CCOC(=O)COc1c2ccccc2c(OCC(=O)OCC)c2c(I)cccc12. The Morgan fingerprint density at radius 1 is 0.759 bits per heavy atom. The van der Waals surface area contributed by atoms with Crippen LogP contribution in [-0.2, 0) is 19.1 Å². The number of hydrogen-bond donors (Lipinski definition) is 0. The summed E-state index contributed by atoms with van der Waals surface area (Å²) in [6, 6.07) is 13.3. The molecule has 6 nitrogen and oxygen atoms in total. The minimum atomic E-state index is -0.432. The Labute approximate surface area is 182 Å². The van der Waals surface area contributed by atoms with Gasteiger partial charge in [-0.1, -0.05) is 36.4 Å². The fourth-order valence-electron chi connectivity index (χ4n) is 3.08. The lowest BCUT2D eigenvalue weighted by Gasteiger charge is -2.18. The molecular weight excluding hydrogens is 487 g/mol. The molecule has 0 aliphatic carbocycles. The van der Waals surface area contributed by atoms with Gasteiger partial charge in [-0.15, -0.1) is 0 Å². The van der Waals surface area contributed by atoms with Crippen molar-refractivity contribution in [2.24, 2.45) is 0 Å². The maximum atomic E-state index is 11.9. The van der Waals surface area contributed by atoms with Crippen LogP contribution in [0.15, 0.2) is 42.5 Å². The molecule has 3 aromatic rings. The zero-order valence-corrected chi connectivity index (χ0v) is 18.4. The first-order chi connectivity index (χ1) is 14.1. The molecule has 0 N–H and O–H groups in total. The first-order valence-corrected chi connectivity index (χ1v) is 10.3. The number of benzene rings is 3. The van der Waals surface area contributed by atoms with Gasteiger partial charge >= 0.3 is 11.9 Å². The zero-order valence-electron chi connectivity index (χ0n) is 16.2. The lowest BCUT2D eigenvalue weighted by Crippen LogP contribution is -2.16. The highest BCUT2D eigenvalue weighted by molar-refractivity contribution is 14.1. The summed E-state index contributed by atoms with van der Waals surface area (Å²) in [4.78, 5) is 23.7. The number of carbonyl (C=O) groups is 2. The maximum absolute atomic E-state index is 11.9. The van der Waals surface area contributed by atoms with Crippen molar-refractivity contribution in [3.63, 3.8) is 0 Å². The Kier molecular flexibility index (Phi) is 7.13. The van der Waals surface area contributed by atoms with Crippen LogP contribution in [0.1, 0.15) is 13.8 Å². The van der Waals surface area contributed by atoms with Crippen LogP contribution in [0.5, 0.6) is 11.5 Å². The number of rotatable bonds is 8. The molecule has 0 atom stereocenters. The molecule has 0 heterocycles. The molecule has 0 saturated heterocycles. The highest BCUT2D eigenvalue weighted by Crippen LogP contribution is 2.44. The van der Waals surface area contributed by atoms with Crippen molar-refractivity contribution in [1.29, 1.82) is 0 Å². The van der Waals surface area contributed by atoms with Gasteiger partial charge in [0.1, 0.15) is 11.5 Å². The largest absolute Gasteiger partial charge is 0.481 e. The third-order valence-electron chi connectivity index (χ3n) is 4.18. The third-order valence-corrected chi connectivity index (χ3v) is 5.08. The van der Waals surface area contributed by atoms with Crippen molar-refractivity contribution >= 4 is 56.1 Å². The fraction of sp³-hybridized carbons (Fsp3) is 0.273. The van der Waals surface area contributed by atoms with Gasteiger partial charge in [-0.3, -0.25) is 0 Å². The number of esters is 2. The van der Waals surface area contributed by atoms with Gasteiger partial charge in [0.15, 0.2) is 13.2 Å². The van der Waals surface area contributed by atoms with E-state index in [1.165, 1.54) is 0 Å². The van der Waals surface area contributed by atoms with Crippen molar-refractivity contribution in [2.45, 2.75) is 13.8 Å². The molecule has 0 spiro atoms. The van der Waals surface area contributed by atoms with E-state index in [4.69, 9.17) is 18.9 Å². The topological polar surface area (TPSA) is 71.1 Å².